The molecule has 9 heteroatoms. The summed E-state index contributed by atoms with van der Waals surface area (Å²) < 4.78 is 78.6. The fourth-order valence-corrected chi connectivity index (χ4v) is 6.27. The zero-order valence-electron chi connectivity index (χ0n) is 19.7. The van der Waals surface area contributed by atoms with E-state index in [1.807, 2.05) is 13.8 Å². The quantitative estimate of drug-likeness (QED) is 0.303. The largest absolute Gasteiger partial charge is 0.429 e. The summed E-state index contributed by atoms with van der Waals surface area (Å²) in [5.41, 5.74) is -6.93. The first kappa shape index (κ1) is 28.1. The van der Waals surface area contributed by atoms with Gasteiger partial charge in [0, 0.05) is 12.3 Å². The van der Waals surface area contributed by atoms with Crippen LogP contribution in [0.15, 0.2) is 12.2 Å². The van der Waals surface area contributed by atoms with Crippen LogP contribution in [0.2, 0.25) is 0 Å². The molecule has 2 N–H and O–H groups in total. The maximum atomic E-state index is 13.1. The molecule has 0 saturated heterocycles. The smallest absolute Gasteiger partial charge is 0.390 e. The Hall–Kier alpha value is -1.09. The summed E-state index contributed by atoms with van der Waals surface area (Å²) in [6.07, 6.45) is -6.52. The summed E-state index contributed by atoms with van der Waals surface area (Å²) in [5, 5.41) is 19.6. The molecule has 3 nitrogen and oxygen atoms in total. The van der Waals surface area contributed by atoms with Crippen molar-refractivity contribution in [3.63, 3.8) is 0 Å². The van der Waals surface area contributed by atoms with Gasteiger partial charge in [-0.05, 0) is 81.6 Å². The number of ketones is 1. The van der Waals surface area contributed by atoms with Crippen LogP contribution in [-0.2, 0) is 4.79 Å². The number of carbonyl (C=O) groups is 1. The van der Waals surface area contributed by atoms with Gasteiger partial charge in [0.15, 0.2) is 0 Å². The summed E-state index contributed by atoms with van der Waals surface area (Å²) in [7, 11) is 0. The lowest BCUT2D eigenvalue weighted by molar-refractivity contribution is -0.347. The van der Waals surface area contributed by atoms with E-state index in [-0.39, 0.29) is 35.5 Å². The highest BCUT2D eigenvalue weighted by Crippen LogP contribution is 2.61. The Balaban J connectivity index is 2.36. The number of rotatable bonds is 8. The lowest BCUT2D eigenvalue weighted by Gasteiger charge is -2.48. The molecule has 0 spiro atoms. The minimum atomic E-state index is -5.90. The van der Waals surface area contributed by atoms with Crippen LogP contribution in [0.5, 0.6) is 0 Å². The Kier molecular flexibility index (Phi) is 7.82. The van der Waals surface area contributed by atoms with E-state index >= 15 is 0 Å². The van der Waals surface area contributed by atoms with Gasteiger partial charge in [-0.3, -0.25) is 4.79 Å². The van der Waals surface area contributed by atoms with Crippen molar-refractivity contribution < 1.29 is 41.4 Å². The van der Waals surface area contributed by atoms with Crippen LogP contribution in [0.4, 0.5) is 26.3 Å². The predicted octanol–water partition coefficient (Wildman–Crippen LogP) is 6.52. The zero-order valence-corrected chi connectivity index (χ0v) is 19.7. The summed E-state index contributed by atoms with van der Waals surface area (Å²) in [4.78, 5) is 12.5. The van der Waals surface area contributed by atoms with Gasteiger partial charge in [-0.15, -0.1) is 0 Å². The standard InChI is InChI=1S/C24H36F6O3/c1-19(2,32)11-6-12-20(3,13-7-15-22(33,23(25,26)27)24(28,29)30)18-10-9-16-17(31)8-5-14-21(16,18)4/h7,15-16,18,32-33H,5-6,8-14H2,1-4H3/b15-7-/t16-,18+,20+,21-/m0/s1. The second kappa shape index (κ2) is 9.17. The molecule has 4 atom stereocenters. The number of aliphatic hydroxyl groups is 2. The minimum absolute atomic E-state index is 0.0735. The Labute approximate surface area is 191 Å². The van der Waals surface area contributed by atoms with Gasteiger partial charge in [0.1, 0.15) is 5.78 Å². The van der Waals surface area contributed by atoms with Gasteiger partial charge in [0.2, 0.25) is 0 Å². The van der Waals surface area contributed by atoms with Crippen molar-refractivity contribution in [2.45, 2.75) is 109 Å². The number of hydrogen-bond donors (Lipinski definition) is 2. The molecule has 192 valence electrons. The first-order valence-electron chi connectivity index (χ1n) is 11.6. The molecule has 0 amide bonds. The van der Waals surface area contributed by atoms with Gasteiger partial charge in [0.05, 0.1) is 5.60 Å². The van der Waals surface area contributed by atoms with E-state index in [1.54, 1.807) is 13.8 Å². The van der Waals surface area contributed by atoms with Crippen LogP contribution >= 0.6 is 0 Å². The van der Waals surface area contributed by atoms with Crippen LogP contribution in [-0.4, -0.2) is 39.6 Å². The molecule has 2 fully saturated rings. The number of Topliss-reactive ketones (excluding diaryl/α,β-unsaturated/α-hetero) is 1. The van der Waals surface area contributed by atoms with Crippen molar-refractivity contribution in [3.05, 3.63) is 12.2 Å². The van der Waals surface area contributed by atoms with E-state index in [0.29, 0.717) is 38.5 Å². The van der Waals surface area contributed by atoms with Crippen molar-refractivity contribution >= 4 is 5.78 Å². The van der Waals surface area contributed by atoms with Gasteiger partial charge in [-0.2, -0.15) is 26.3 Å². The van der Waals surface area contributed by atoms with E-state index in [0.717, 1.165) is 18.9 Å². The number of fused-ring (bicyclic) bond motifs is 1. The minimum Gasteiger partial charge on any atom is -0.390 e. The molecule has 0 aliphatic heterocycles. The van der Waals surface area contributed by atoms with E-state index in [4.69, 9.17) is 0 Å². The molecule has 0 unspecified atom stereocenters. The molecule has 0 radical (unpaired) electrons. The number of carbonyl (C=O) groups excluding carboxylic acids is 1. The molecule has 2 aliphatic rings. The zero-order chi connectivity index (χ0) is 25.5. The van der Waals surface area contributed by atoms with E-state index in [2.05, 4.69) is 0 Å². The molecule has 0 bridgehead atoms. The number of hydrogen-bond acceptors (Lipinski definition) is 3. The van der Waals surface area contributed by atoms with Crippen molar-refractivity contribution in [3.8, 4) is 0 Å². The summed E-state index contributed by atoms with van der Waals surface area (Å²) in [5.74, 6) is -0.0316. The van der Waals surface area contributed by atoms with Gasteiger partial charge in [-0.25, -0.2) is 0 Å². The van der Waals surface area contributed by atoms with Crippen LogP contribution in [0.1, 0.15) is 85.5 Å². The predicted molar refractivity (Wildman–Crippen MR) is 112 cm³/mol. The molecule has 33 heavy (non-hydrogen) atoms. The normalized spacial score (nSPS) is 29.4. The molecule has 0 heterocycles. The lowest BCUT2D eigenvalue weighted by atomic mass is 9.56. The lowest BCUT2D eigenvalue weighted by Crippen LogP contribution is -2.55. The monoisotopic (exact) mass is 486 g/mol. The topological polar surface area (TPSA) is 57.5 Å². The van der Waals surface area contributed by atoms with E-state index < -0.39 is 29.0 Å². The van der Waals surface area contributed by atoms with Crippen LogP contribution in [0, 0.1) is 22.7 Å². The maximum Gasteiger partial charge on any atom is 0.429 e. The van der Waals surface area contributed by atoms with E-state index in [1.165, 1.54) is 0 Å². The van der Waals surface area contributed by atoms with Gasteiger partial charge < -0.3 is 10.2 Å². The Morgan fingerprint density at radius 2 is 1.58 bits per heavy atom. The van der Waals surface area contributed by atoms with Gasteiger partial charge in [0.25, 0.3) is 5.60 Å². The fraction of sp³-hybridized carbons (Fsp3) is 0.875. The Morgan fingerprint density at radius 1 is 1.00 bits per heavy atom. The third kappa shape index (κ3) is 5.77. The molecule has 2 rings (SSSR count). The van der Waals surface area contributed by atoms with Crippen molar-refractivity contribution in [1.29, 1.82) is 0 Å². The number of allylic oxidation sites excluding steroid dienone is 1. The SMILES string of the molecule is CC(C)(O)CCC[C@](C)(C/C=C\C(O)(C(F)(F)F)C(F)(F)F)[C@H]1CC[C@H]2C(=O)CCC[C@]12C. The van der Waals surface area contributed by atoms with Gasteiger partial charge in [-0.1, -0.05) is 26.3 Å². The highest BCUT2D eigenvalue weighted by atomic mass is 19.4. The summed E-state index contributed by atoms with van der Waals surface area (Å²) >= 11 is 0. The highest BCUT2D eigenvalue weighted by Gasteiger charge is 2.69. The molecule has 2 aliphatic carbocycles. The Morgan fingerprint density at radius 3 is 2.09 bits per heavy atom. The maximum absolute atomic E-state index is 13.1. The first-order chi connectivity index (χ1) is 14.8. The Bertz CT molecular complexity index is 722. The summed E-state index contributed by atoms with van der Waals surface area (Å²) in [6.45, 7) is 7.15. The molecule has 0 aromatic heterocycles. The summed E-state index contributed by atoms with van der Waals surface area (Å²) in [6, 6.07) is 0. The van der Waals surface area contributed by atoms with E-state index in [9.17, 15) is 41.4 Å². The average molecular weight is 487 g/mol. The molecule has 0 aromatic rings. The molecular formula is C24H36F6O3. The average Bonchev–Trinajstić information content (AvgIpc) is 2.97. The van der Waals surface area contributed by atoms with Crippen molar-refractivity contribution in [2.75, 3.05) is 0 Å². The van der Waals surface area contributed by atoms with Gasteiger partial charge >= 0.3 is 12.4 Å². The van der Waals surface area contributed by atoms with Crippen molar-refractivity contribution in [2.24, 2.45) is 22.7 Å². The second-order valence-electron chi connectivity index (χ2n) is 11.2. The third-order valence-corrected chi connectivity index (χ3v) is 8.05. The van der Waals surface area contributed by atoms with Crippen LogP contribution in [0.25, 0.3) is 0 Å². The van der Waals surface area contributed by atoms with Crippen LogP contribution in [0.3, 0.4) is 0 Å². The highest BCUT2D eigenvalue weighted by molar-refractivity contribution is 5.83. The number of alkyl halides is 6. The van der Waals surface area contributed by atoms with Crippen LogP contribution < -0.4 is 0 Å². The molecule has 2 saturated carbocycles. The molecular weight excluding hydrogens is 450 g/mol. The van der Waals surface area contributed by atoms with Crippen molar-refractivity contribution in [1.82, 2.24) is 0 Å². The first-order valence-corrected chi connectivity index (χ1v) is 11.6. The molecule has 0 aromatic carbocycles. The number of halogens is 6. The fourth-order valence-electron chi connectivity index (χ4n) is 6.27. The second-order valence-corrected chi connectivity index (χ2v) is 11.2. The third-order valence-electron chi connectivity index (χ3n) is 8.05.